The van der Waals surface area contributed by atoms with Crippen LogP contribution in [0.15, 0.2) is 12.1 Å². The van der Waals surface area contributed by atoms with E-state index in [-0.39, 0.29) is 6.01 Å². The maximum atomic E-state index is 9.86. The van der Waals surface area contributed by atoms with Gasteiger partial charge < -0.3 is 10.0 Å². The van der Waals surface area contributed by atoms with Gasteiger partial charge in [-0.2, -0.15) is 4.98 Å². The van der Waals surface area contributed by atoms with Gasteiger partial charge in [0.1, 0.15) is 10.7 Å². The Morgan fingerprint density at radius 2 is 2.00 bits per heavy atom. The smallest absolute Gasteiger partial charge is 0.296 e. The molecular weight excluding hydrogens is 264 g/mol. The molecule has 104 valence electrons. The molecule has 2 rings (SSSR count). The Bertz CT molecular complexity index is 551. The fraction of sp³-hybridized carbons (Fsp3) is 0.538. The fourth-order valence-corrected chi connectivity index (χ4v) is 2.31. The summed E-state index contributed by atoms with van der Waals surface area (Å²) in [7, 11) is 0. The summed E-state index contributed by atoms with van der Waals surface area (Å²) in [5, 5.41) is 10.3. The zero-order chi connectivity index (χ0) is 13.8. The molecule has 6 heteroatoms. The van der Waals surface area contributed by atoms with Crippen molar-refractivity contribution in [2.75, 3.05) is 19.6 Å². The van der Waals surface area contributed by atoms with Gasteiger partial charge in [0.2, 0.25) is 0 Å². The van der Waals surface area contributed by atoms with E-state index in [1.54, 1.807) is 16.7 Å². The van der Waals surface area contributed by atoms with E-state index in [4.69, 9.17) is 11.6 Å². The number of aromatic nitrogens is 3. The summed E-state index contributed by atoms with van der Waals surface area (Å²) in [5.74, 6) is 0. The number of imidazole rings is 1. The average Bonchev–Trinajstić information content (AvgIpc) is 2.71. The Hall–Kier alpha value is -1.33. The topological polar surface area (TPSA) is 54.2 Å². The number of aryl methyl sites for hydroxylation is 1. The van der Waals surface area contributed by atoms with Crippen molar-refractivity contribution in [3.63, 3.8) is 0 Å². The highest BCUT2D eigenvalue weighted by atomic mass is 35.5. The zero-order valence-corrected chi connectivity index (χ0v) is 12.1. The normalized spacial score (nSPS) is 11.6. The monoisotopic (exact) mass is 282 g/mol. The molecule has 2 heterocycles. The van der Waals surface area contributed by atoms with Crippen LogP contribution in [0.5, 0.6) is 6.01 Å². The number of halogens is 1. The summed E-state index contributed by atoms with van der Waals surface area (Å²) in [6.07, 6.45) is 0.939. The van der Waals surface area contributed by atoms with Gasteiger partial charge in [-0.15, -0.1) is 0 Å². The van der Waals surface area contributed by atoms with Crippen LogP contribution in [-0.4, -0.2) is 44.2 Å². The number of fused-ring (bicyclic) bond motifs is 1. The van der Waals surface area contributed by atoms with Crippen LogP contribution in [0.25, 0.3) is 11.2 Å². The third-order valence-corrected chi connectivity index (χ3v) is 3.50. The Labute approximate surface area is 117 Å². The lowest BCUT2D eigenvalue weighted by atomic mass is 10.3. The fourth-order valence-electron chi connectivity index (χ4n) is 2.16. The highest BCUT2D eigenvalue weighted by Crippen LogP contribution is 2.21. The van der Waals surface area contributed by atoms with Gasteiger partial charge in [0.05, 0.1) is 0 Å². The van der Waals surface area contributed by atoms with Crippen LogP contribution in [0.3, 0.4) is 0 Å². The molecule has 0 amide bonds. The van der Waals surface area contributed by atoms with Crippen molar-refractivity contribution >= 4 is 22.8 Å². The molecule has 0 atom stereocenters. The van der Waals surface area contributed by atoms with Crippen molar-refractivity contribution < 1.29 is 5.11 Å². The van der Waals surface area contributed by atoms with E-state index in [0.717, 1.165) is 26.1 Å². The lowest BCUT2D eigenvalue weighted by Gasteiger charge is -2.17. The van der Waals surface area contributed by atoms with Crippen LogP contribution in [0.2, 0.25) is 5.15 Å². The van der Waals surface area contributed by atoms with E-state index < -0.39 is 0 Å². The molecule has 0 saturated carbocycles. The number of hydrogen-bond acceptors (Lipinski definition) is 4. The van der Waals surface area contributed by atoms with Gasteiger partial charge in [0, 0.05) is 6.54 Å². The van der Waals surface area contributed by atoms with E-state index in [2.05, 4.69) is 28.7 Å². The van der Waals surface area contributed by atoms with Crippen molar-refractivity contribution in [2.45, 2.75) is 26.8 Å². The molecule has 0 saturated heterocycles. The first-order chi connectivity index (χ1) is 9.15. The minimum absolute atomic E-state index is 0.00399. The van der Waals surface area contributed by atoms with E-state index in [9.17, 15) is 5.11 Å². The first-order valence-electron chi connectivity index (χ1n) is 6.59. The van der Waals surface area contributed by atoms with E-state index in [1.165, 1.54) is 0 Å². The number of rotatable bonds is 6. The number of hydrogen-bond donors (Lipinski definition) is 1. The zero-order valence-electron chi connectivity index (χ0n) is 11.3. The molecule has 1 N–H and O–H groups in total. The quantitative estimate of drug-likeness (QED) is 0.827. The maximum absolute atomic E-state index is 9.86. The van der Waals surface area contributed by atoms with Gasteiger partial charge in [-0.05, 0) is 38.2 Å². The van der Waals surface area contributed by atoms with Crippen LogP contribution >= 0.6 is 11.6 Å². The second kappa shape index (κ2) is 6.21. The molecule has 0 bridgehead atoms. The van der Waals surface area contributed by atoms with Crippen molar-refractivity contribution in [1.29, 1.82) is 0 Å². The molecule has 0 radical (unpaired) electrons. The summed E-state index contributed by atoms with van der Waals surface area (Å²) in [4.78, 5) is 10.6. The minimum atomic E-state index is 0.00399. The molecule has 5 nitrogen and oxygen atoms in total. The number of aromatic hydroxyl groups is 1. The Balaban J connectivity index is 2.11. The van der Waals surface area contributed by atoms with Crippen LogP contribution in [0.4, 0.5) is 0 Å². The molecule has 2 aromatic rings. The molecule has 0 aliphatic carbocycles. The van der Waals surface area contributed by atoms with Crippen molar-refractivity contribution in [2.24, 2.45) is 0 Å². The third-order valence-electron chi connectivity index (χ3n) is 3.29. The summed E-state index contributed by atoms with van der Waals surface area (Å²) in [6.45, 7) is 8.05. The number of nitrogens with zero attached hydrogens (tertiary/aromatic N) is 4. The first kappa shape index (κ1) is 14.1. The van der Waals surface area contributed by atoms with Crippen LogP contribution in [0.1, 0.15) is 20.3 Å². The van der Waals surface area contributed by atoms with Gasteiger partial charge in [-0.25, -0.2) is 4.98 Å². The predicted molar refractivity (Wildman–Crippen MR) is 76.6 cm³/mol. The second-order valence-electron chi connectivity index (χ2n) is 4.42. The maximum Gasteiger partial charge on any atom is 0.296 e. The molecule has 0 fully saturated rings. The number of pyridine rings is 1. The first-order valence-corrected chi connectivity index (χ1v) is 6.97. The van der Waals surface area contributed by atoms with Crippen molar-refractivity contribution in [3.8, 4) is 6.01 Å². The molecule has 0 aliphatic heterocycles. The molecule has 0 aliphatic rings. The highest BCUT2D eigenvalue weighted by Gasteiger charge is 2.11. The molecule has 0 spiro atoms. The Morgan fingerprint density at radius 3 is 2.68 bits per heavy atom. The van der Waals surface area contributed by atoms with Crippen LogP contribution < -0.4 is 0 Å². The van der Waals surface area contributed by atoms with Crippen LogP contribution in [0, 0.1) is 0 Å². The molecule has 2 aromatic heterocycles. The SMILES string of the molecule is CCN(CC)CCCn1c(O)nc2ccc(Cl)nc21. The summed E-state index contributed by atoms with van der Waals surface area (Å²) in [6, 6.07) is 3.45. The average molecular weight is 283 g/mol. The van der Waals surface area contributed by atoms with E-state index >= 15 is 0 Å². The Morgan fingerprint density at radius 1 is 1.26 bits per heavy atom. The van der Waals surface area contributed by atoms with Crippen LogP contribution in [-0.2, 0) is 6.54 Å². The van der Waals surface area contributed by atoms with Crippen molar-refractivity contribution in [3.05, 3.63) is 17.3 Å². The molecule has 0 aromatic carbocycles. The molecular formula is C13H19ClN4O. The summed E-state index contributed by atoms with van der Waals surface area (Å²) in [5.41, 5.74) is 1.31. The lowest BCUT2D eigenvalue weighted by Crippen LogP contribution is -2.24. The summed E-state index contributed by atoms with van der Waals surface area (Å²) < 4.78 is 1.71. The second-order valence-corrected chi connectivity index (χ2v) is 4.81. The standard InChI is InChI=1S/C13H19ClN4O/c1-3-17(4-2)8-5-9-18-12-10(15-13(18)19)6-7-11(14)16-12/h6-7H,3-5,8-9H2,1-2H3,(H,15,19). The van der Waals surface area contributed by atoms with Gasteiger partial charge in [0.25, 0.3) is 6.01 Å². The third kappa shape index (κ3) is 3.16. The Kier molecular flexibility index (Phi) is 4.61. The van der Waals surface area contributed by atoms with E-state index in [1.807, 2.05) is 0 Å². The predicted octanol–water partition coefficient (Wildman–Crippen LogP) is 2.52. The largest absolute Gasteiger partial charge is 0.480 e. The lowest BCUT2D eigenvalue weighted by molar-refractivity contribution is 0.290. The van der Waals surface area contributed by atoms with Gasteiger partial charge in [-0.1, -0.05) is 25.4 Å². The van der Waals surface area contributed by atoms with Gasteiger partial charge >= 0.3 is 0 Å². The van der Waals surface area contributed by atoms with Crippen molar-refractivity contribution in [1.82, 2.24) is 19.4 Å². The van der Waals surface area contributed by atoms with Gasteiger partial charge in [-0.3, -0.25) is 4.57 Å². The molecule has 19 heavy (non-hydrogen) atoms. The highest BCUT2D eigenvalue weighted by molar-refractivity contribution is 6.29. The van der Waals surface area contributed by atoms with E-state index in [0.29, 0.717) is 22.9 Å². The molecule has 0 unspecified atom stereocenters. The van der Waals surface area contributed by atoms with Gasteiger partial charge in [0.15, 0.2) is 5.65 Å². The minimum Gasteiger partial charge on any atom is -0.480 e. The summed E-state index contributed by atoms with van der Waals surface area (Å²) >= 11 is 5.89.